The lowest BCUT2D eigenvalue weighted by molar-refractivity contribution is -0.146. The minimum absolute atomic E-state index is 0.0165. The molecular formula is C17H26O3. The van der Waals surface area contributed by atoms with Gasteiger partial charge in [-0.3, -0.25) is 9.59 Å². The van der Waals surface area contributed by atoms with Crippen LogP contribution in [0.25, 0.3) is 0 Å². The summed E-state index contributed by atoms with van der Waals surface area (Å²) in [6, 6.07) is 0. The van der Waals surface area contributed by atoms with Crippen LogP contribution >= 0.6 is 0 Å². The number of carbonyl (C=O) groups excluding carboxylic acids is 2. The first-order chi connectivity index (χ1) is 9.37. The molecule has 1 fully saturated rings. The minimum Gasteiger partial charge on any atom is -0.466 e. The molecule has 0 saturated heterocycles. The van der Waals surface area contributed by atoms with Gasteiger partial charge in [0, 0.05) is 30.6 Å². The normalized spacial score (nSPS) is 35.0. The van der Waals surface area contributed by atoms with E-state index in [1.54, 1.807) is 0 Å². The van der Waals surface area contributed by atoms with Gasteiger partial charge in [-0.1, -0.05) is 32.4 Å². The van der Waals surface area contributed by atoms with E-state index >= 15 is 0 Å². The fourth-order valence-corrected chi connectivity index (χ4v) is 4.22. The average molecular weight is 278 g/mol. The topological polar surface area (TPSA) is 43.4 Å². The summed E-state index contributed by atoms with van der Waals surface area (Å²) in [5.41, 5.74) is 1.41. The fourth-order valence-electron chi connectivity index (χ4n) is 4.22. The van der Waals surface area contributed by atoms with E-state index in [-0.39, 0.29) is 23.2 Å². The van der Waals surface area contributed by atoms with Crippen molar-refractivity contribution in [3.63, 3.8) is 0 Å². The second-order valence-electron chi connectivity index (χ2n) is 6.71. The van der Waals surface area contributed by atoms with Gasteiger partial charge in [0.1, 0.15) is 5.78 Å². The number of fused-ring (bicyclic) bond motifs is 1. The van der Waals surface area contributed by atoms with Gasteiger partial charge in [0.25, 0.3) is 0 Å². The predicted molar refractivity (Wildman–Crippen MR) is 78.1 cm³/mol. The predicted octanol–water partition coefficient (Wildman–Crippen LogP) is 3.53. The Kier molecular flexibility index (Phi) is 4.36. The molecule has 3 heteroatoms. The molecule has 0 aliphatic heterocycles. The van der Waals surface area contributed by atoms with Crippen molar-refractivity contribution in [2.45, 2.75) is 53.4 Å². The molecule has 2 aliphatic rings. The zero-order valence-electron chi connectivity index (χ0n) is 13.1. The number of allylic oxidation sites excluding steroid dienone is 2. The minimum atomic E-state index is -0.266. The Bertz CT molecular complexity index is 438. The van der Waals surface area contributed by atoms with Gasteiger partial charge in [0.2, 0.25) is 0 Å². The number of ketones is 1. The number of esters is 1. The van der Waals surface area contributed by atoms with Gasteiger partial charge in [-0.05, 0) is 25.2 Å². The molecule has 20 heavy (non-hydrogen) atoms. The molecule has 0 spiro atoms. The number of hydrogen-bond acceptors (Lipinski definition) is 3. The van der Waals surface area contributed by atoms with Crippen LogP contribution in [-0.4, -0.2) is 18.4 Å². The van der Waals surface area contributed by atoms with Gasteiger partial charge >= 0.3 is 5.97 Å². The maximum absolute atomic E-state index is 12.5. The smallest absolute Gasteiger partial charge is 0.302 e. The molecule has 0 heterocycles. The Morgan fingerprint density at radius 3 is 2.85 bits per heavy atom. The van der Waals surface area contributed by atoms with Gasteiger partial charge in [-0.2, -0.15) is 0 Å². The van der Waals surface area contributed by atoms with E-state index in [2.05, 4.69) is 19.9 Å². The van der Waals surface area contributed by atoms with Crippen LogP contribution in [0.4, 0.5) is 0 Å². The van der Waals surface area contributed by atoms with Crippen molar-refractivity contribution in [2.75, 3.05) is 6.61 Å². The quantitative estimate of drug-likeness (QED) is 0.586. The third-order valence-corrected chi connectivity index (χ3v) is 5.46. The zero-order valence-corrected chi connectivity index (χ0v) is 13.1. The molecule has 112 valence electrons. The van der Waals surface area contributed by atoms with Crippen LogP contribution in [0.15, 0.2) is 11.6 Å². The van der Waals surface area contributed by atoms with E-state index in [1.807, 2.05) is 6.92 Å². The summed E-state index contributed by atoms with van der Waals surface area (Å²) in [7, 11) is 0. The molecule has 0 N–H and O–H groups in total. The Morgan fingerprint density at radius 2 is 2.20 bits per heavy atom. The van der Waals surface area contributed by atoms with Crippen molar-refractivity contribution in [3.8, 4) is 0 Å². The van der Waals surface area contributed by atoms with Gasteiger partial charge in [-0.15, -0.1) is 0 Å². The molecule has 1 saturated carbocycles. The largest absolute Gasteiger partial charge is 0.466 e. The highest BCUT2D eigenvalue weighted by Crippen LogP contribution is 2.54. The standard InChI is InChI=1S/C17H26O3/c1-11(10-20-13(3)18)16-15(19)9-8-14-7-5-6-12(2)17(14,16)4/h7,11-12,16H,5-6,8-10H2,1-4H3. The van der Waals surface area contributed by atoms with E-state index in [1.165, 1.54) is 12.5 Å². The van der Waals surface area contributed by atoms with Crippen LogP contribution in [0.5, 0.6) is 0 Å². The molecule has 0 aromatic rings. The summed E-state index contributed by atoms with van der Waals surface area (Å²) in [6.45, 7) is 8.32. The summed E-state index contributed by atoms with van der Waals surface area (Å²) in [6.07, 6.45) is 6.17. The number of Topliss-reactive ketones (excluding diaryl/α,β-unsaturated/α-hetero) is 1. The second-order valence-corrected chi connectivity index (χ2v) is 6.71. The lowest BCUT2D eigenvalue weighted by Crippen LogP contribution is -2.48. The summed E-state index contributed by atoms with van der Waals surface area (Å²) in [4.78, 5) is 23.5. The molecule has 0 bridgehead atoms. The highest BCUT2D eigenvalue weighted by atomic mass is 16.5. The van der Waals surface area contributed by atoms with Crippen molar-refractivity contribution in [3.05, 3.63) is 11.6 Å². The maximum atomic E-state index is 12.5. The first kappa shape index (κ1) is 15.3. The van der Waals surface area contributed by atoms with E-state index in [0.717, 1.165) is 19.3 Å². The Balaban J connectivity index is 2.27. The maximum Gasteiger partial charge on any atom is 0.302 e. The summed E-state index contributed by atoms with van der Waals surface area (Å²) < 4.78 is 5.15. The van der Waals surface area contributed by atoms with Crippen LogP contribution < -0.4 is 0 Å². The summed E-state index contributed by atoms with van der Waals surface area (Å²) in [5, 5.41) is 0. The molecular weight excluding hydrogens is 252 g/mol. The number of hydrogen-bond donors (Lipinski definition) is 0. The van der Waals surface area contributed by atoms with Crippen LogP contribution in [0.1, 0.15) is 53.4 Å². The van der Waals surface area contributed by atoms with Gasteiger partial charge < -0.3 is 4.74 Å². The summed E-state index contributed by atoms with van der Waals surface area (Å²) in [5.74, 6) is 0.657. The van der Waals surface area contributed by atoms with Crippen LogP contribution in [0.3, 0.4) is 0 Å². The van der Waals surface area contributed by atoms with Crippen LogP contribution in [-0.2, 0) is 14.3 Å². The van der Waals surface area contributed by atoms with Gasteiger partial charge in [-0.25, -0.2) is 0 Å². The molecule has 2 aliphatic carbocycles. The highest BCUT2D eigenvalue weighted by molar-refractivity contribution is 5.84. The Hall–Kier alpha value is -1.12. The molecule has 0 amide bonds. The third-order valence-electron chi connectivity index (χ3n) is 5.46. The molecule has 4 unspecified atom stereocenters. The monoisotopic (exact) mass is 278 g/mol. The van der Waals surface area contributed by atoms with E-state index in [9.17, 15) is 9.59 Å². The van der Waals surface area contributed by atoms with Crippen molar-refractivity contribution >= 4 is 11.8 Å². The number of rotatable bonds is 3. The van der Waals surface area contributed by atoms with Crippen molar-refractivity contribution < 1.29 is 14.3 Å². The summed E-state index contributed by atoms with van der Waals surface area (Å²) >= 11 is 0. The van der Waals surface area contributed by atoms with E-state index < -0.39 is 0 Å². The highest BCUT2D eigenvalue weighted by Gasteiger charge is 2.51. The van der Waals surface area contributed by atoms with Crippen molar-refractivity contribution in [1.82, 2.24) is 0 Å². The fraction of sp³-hybridized carbons (Fsp3) is 0.765. The molecule has 4 atom stereocenters. The Labute approximate surface area is 121 Å². The van der Waals surface area contributed by atoms with Crippen LogP contribution in [0, 0.1) is 23.2 Å². The van der Waals surface area contributed by atoms with E-state index in [4.69, 9.17) is 4.74 Å². The van der Waals surface area contributed by atoms with Crippen molar-refractivity contribution in [2.24, 2.45) is 23.2 Å². The molecule has 3 nitrogen and oxygen atoms in total. The van der Waals surface area contributed by atoms with Crippen molar-refractivity contribution in [1.29, 1.82) is 0 Å². The van der Waals surface area contributed by atoms with Gasteiger partial charge in [0.15, 0.2) is 0 Å². The molecule has 0 aromatic heterocycles. The first-order valence-electron chi connectivity index (χ1n) is 7.73. The first-order valence-corrected chi connectivity index (χ1v) is 7.73. The lowest BCUT2D eigenvalue weighted by atomic mass is 9.53. The average Bonchev–Trinajstić information content (AvgIpc) is 2.38. The SMILES string of the molecule is CC(=O)OCC(C)C1C(=O)CCC2=CCCC(C)C21C. The zero-order chi connectivity index (χ0) is 14.9. The Morgan fingerprint density at radius 1 is 1.50 bits per heavy atom. The van der Waals surface area contributed by atoms with Gasteiger partial charge in [0.05, 0.1) is 6.61 Å². The molecule has 0 radical (unpaired) electrons. The third kappa shape index (κ3) is 2.55. The van der Waals surface area contributed by atoms with Crippen LogP contribution in [0.2, 0.25) is 0 Å². The second kappa shape index (κ2) is 5.71. The number of ether oxygens (including phenoxy) is 1. The molecule has 2 rings (SSSR count). The number of carbonyl (C=O) groups is 2. The molecule has 0 aromatic carbocycles. The lowest BCUT2D eigenvalue weighted by Gasteiger charge is -2.51. The van der Waals surface area contributed by atoms with E-state index in [0.29, 0.717) is 24.7 Å².